The van der Waals surface area contributed by atoms with E-state index in [1.54, 1.807) is 19.1 Å². The van der Waals surface area contributed by atoms with E-state index in [4.69, 9.17) is 0 Å². The van der Waals surface area contributed by atoms with E-state index in [2.05, 4.69) is 16.0 Å². The van der Waals surface area contributed by atoms with Gasteiger partial charge in [0.15, 0.2) is 0 Å². The molecule has 24 heavy (non-hydrogen) atoms. The fourth-order valence-electron chi connectivity index (χ4n) is 2.98. The van der Waals surface area contributed by atoms with Gasteiger partial charge in [-0.3, -0.25) is 14.4 Å². The predicted molar refractivity (Wildman–Crippen MR) is 93.9 cm³/mol. The maximum Gasteiger partial charge on any atom is 0.261 e. The Labute approximate surface area is 146 Å². The molecular weight excluding hydrogens is 326 g/mol. The van der Waals surface area contributed by atoms with Crippen molar-refractivity contribution in [3.05, 3.63) is 22.4 Å². The van der Waals surface area contributed by atoms with Gasteiger partial charge in [0.25, 0.3) is 5.91 Å². The zero-order valence-corrected chi connectivity index (χ0v) is 15.0. The number of hydrogen-bond donors (Lipinski definition) is 3. The molecule has 1 aromatic heterocycles. The van der Waals surface area contributed by atoms with Crippen molar-refractivity contribution >= 4 is 29.1 Å². The van der Waals surface area contributed by atoms with E-state index < -0.39 is 11.6 Å². The minimum atomic E-state index is -0.854. The highest BCUT2D eigenvalue weighted by Gasteiger charge is 2.41. The van der Waals surface area contributed by atoms with Gasteiger partial charge >= 0.3 is 0 Å². The van der Waals surface area contributed by atoms with Crippen molar-refractivity contribution in [2.75, 3.05) is 6.54 Å². The van der Waals surface area contributed by atoms with Crippen molar-refractivity contribution in [2.45, 2.75) is 57.5 Å². The number of carbonyl (C=O) groups excluding carboxylic acids is 3. The summed E-state index contributed by atoms with van der Waals surface area (Å²) >= 11 is 1.32. The molecule has 1 fully saturated rings. The smallest absolute Gasteiger partial charge is 0.261 e. The summed E-state index contributed by atoms with van der Waals surface area (Å²) < 4.78 is 0. The van der Waals surface area contributed by atoms with Gasteiger partial charge in [0, 0.05) is 6.54 Å². The molecule has 1 aliphatic rings. The molecule has 1 aromatic rings. The Kier molecular flexibility index (Phi) is 6.36. The van der Waals surface area contributed by atoms with Crippen molar-refractivity contribution < 1.29 is 14.4 Å². The Morgan fingerprint density at radius 1 is 1.25 bits per heavy atom. The summed E-state index contributed by atoms with van der Waals surface area (Å²) in [4.78, 5) is 37.6. The quantitative estimate of drug-likeness (QED) is 0.730. The number of hydrogen-bond acceptors (Lipinski definition) is 4. The van der Waals surface area contributed by atoms with Crippen molar-refractivity contribution in [3.63, 3.8) is 0 Å². The summed E-state index contributed by atoms with van der Waals surface area (Å²) in [6, 6.07) is 2.80. The molecule has 3 N–H and O–H groups in total. The van der Waals surface area contributed by atoms with E-state index in [0.29, 0.717) is 24.3 Å². The molecule has 1 aliphatic carbocycles. The standard InChI is InChI=1S/C17H25N3O3S/c1-3-18-16(23)17(9-5-4-6-10-17)20-14(21)12(2)19-15(22)13-8-7-11-24-13/h7-8,11-12H,3-6,9-10H2,1-2H3,(H,18,23)(H,19,22)(H,20,21). The van der Waals surface area contributed by atoms with E-state index in [-0.39, 0.29) is 17.7 Å². The van der Waals surface area contributed by atoms with Crippen LogP contribution in [-0.2, 0) is 9.59 Å². The molecule has 0 aromatic carbocycles. The van der Waals surface area contributed by atoms with Crippen LogP contribution in [0.1, 0.15) is 55.6 Å². The summed E-state index contributed by atoms with van der Waals surface area (Å²) in [6.45, 7) is 4.02. The fourth-order valence-corrected chi connectivity index (χ4v) is 3.61. The number of nitrogens with one attached hydrogen (secondary N) is 3. The Morgan fingerprint density at radius 2 is 1.96 bits per heavy atom. The van der Waals surface area contributed by atoms with Crippen LogP contribution < -0.4 is 16.0 Å². The van der Waals surface area contributed by atoms with Gasteiger partial charge in [-0.1, -0.05) is 25.3 Å². The highest BCUT2D eigenvalue weighted by molar-refractivity contribution is 7.12. The summed E-state index contributed by atoms with van der Waals surface area (Å²) in [6.07, 6.45) is 4.16. The second kappa shape index (κ2) is 8.28. The zero-order chi connectivity index (χ0) is 17.6. The Bertz CT molecular complexity index is 580. The van der Waals surface area contributed by atoms with Crippen LogP contribution in [0.4, 0.5) is 0 Å². The molecule has 1 saturated carbocycles. The Balaban J connectivity index is 2.01. The fraction of sp³-hybridized carbons (Fsp3) is 0.588. The molecule has 0 radical (unpaired) electrons. The van der Waals surface area contributed by atoms with E-state index >= 15 is 0 Å². The molecule has 0 saturated heterocycles. The van der Waals surface area contributed by atoms with Crippen LogP contribution >= 0.6 is 11.3 Å². The van der Waals surface area contributed by atoms with E-state index in [9.17, 15) is 14.4 Å². The number of amides is 3. The molecular formula is C17H25N3O3S. The molecule has 1 heterocycles. The first-order chi connectivity index (χ1) is 11.5. The van der Waals surface area contributed by atoms with E-state index in [0.717, 1.165) is 19.3 Å². The molecule has 0 spiro atoms. The molecule has 1 unspecified atom stereocenters. The molecule has 132 valence electrons. The van der Waals surface area contributed by atoms with Gasteiger partial charge in [-0.05, 0) is 38.1 Å². The lowest BCUT2D eigenvalue weighted by Gasteiger charge is -2.37. The highest BCUT2D eigenvalue weighted by Crippen LogP contribution is 2.28. The van der Waals surface area contributed by atoms with Crippen LogP contribution in [0.2, 0.25) is 0 Å². The minimum Gasteiger partial charge on any atom is -0.354 e. The Morgan fingerprint density at radius 3 is 2.54 bits per heavy atom. The van der Waals surface area contributed by atoms with Gasteiger partial charge < -0.3 is 16.0 Å². The first kappa shape index (κ1) is 18.4. The molecule has 3 amide bonds. The Hall–Kier alpha value is -1.89. The van der Waals surface area contributed by atoms with Gasteiger partial charge in [0.1, 0.15) is 11.6 Å². The summed E-state index contributed by atoms with van der Waals surface area (Å²) in [5, 5.41) is 10.2. The SMILES string of the molecule is CCNC(=O)C1(NC(=O)C(C)NC(=O)c2cccs2)CCCCC1. The topological polar surface area (TPSA) is 87.3 Å². The zero-order valence-electron chi connectivity index (χ0n) is 14.2. The molecule has 1 atom stereocenters. The highest BCUT2D eigenvalue weighted by atomic mass is 32.1. The summed E-state index contributed by atoms with van der Waals surface area (Å²) in [5.41, 5.74) is -0.854. The maximum atomic E-state index is 12.5. The summed E-state index contributed by atoms with van der Waals surface area (Å²) in [7, 11) is 0. The van der Waals surface area contributed by atoms with Crippen LogP contribution in [0.3, 0.4) is 0 Å². The monoisotopic (exact) mass is 351 g/mol. The van der Waals surface area contributed by atoms with Crippen molar-refractivity contribution in [2.24, 2.45) is 0 Å². The lowest BCUT2D eigenvalue weighted by Crippen LogP contribution is -2.62. The molecule has 0 aliphatic heterocycles. The second-order valence-electron chi connectivity index (χ2n) is 6.16. The maximum absolute atomic E-state index is 12.5. The van der Waals surface area contributed by atoms with Crippen LogP contribution in [0.15, 0.2) is 17.5 Å². The average Bonchev–Trinajstić information content (AvgIpc) is 3.10. The molecule has 0 bridgehead atoms. The number of carbonyl (C=O) groups is 3. The van der Waals surface area contributed by atoms with Gasteiger partial charge in [-0.15, -0.1) is 11.3 Å². The number of thiophene rings is 1. The van der Waals surface area contributed by atoms with Crippen LogP contribution in [0.5, 0.6) is 0 Å². The van der Waals surface area contributed by atoms with Crippen molar-refractivity contribution in [3.8, 4) is 0 Å². The van der Waals surface area contributed by atoms with Crippen LogP contribution in [-0.4, -0.2) is 35.8 Å². The molecule has 2 rings (SSSR count). The van der Waals surface area contributed by atoms with Gasteiger partial charge in [-0.25, -0.2) is 0 Å². The third-order valence-electron chi connectivity index (χ3n) is 4.33. The van der Waals surface area contributed by atoms with E-state index in [1.165, 1.54) is 11.3 Å². The molecule has 6 nitrogen and oxygen atoms in total. The first-order valence-electron chi connectivity index (χ1n) is 8.43. The first-order valence-corrected chi connectivity index (χ1v) is 9.31. The third kappa shape index (κ3) is 4.35. The third-order valence-corrected chi connectivity index (χ3v) is 5.20. The lowest BCUT2D eigenvalue weighted by atomic mass is 9.80. The largest absolute Gasteiger partial charge is 0.354 e. The minimum absolute atomic E-state index is 0.130. The summed E-state index contributed by atoms with van der Waals surface area (Å²) in [5.74, 6) is -0.730. The number of rotatable bonds is 6. The van der Waals surface area contributed by atoms with E-state index in [1.807, 2.05) is 12.3 Å². The predicted octanol–water partition coefficient (Wildman–Crippen LogP) is 1.82. The van der Waals surface area contributed by atoms with Gasteiger partial charge in [0.2, 0.25) is 11.8 Å². The van der Waals surface area contributed by atoms with Crippen LogP contribution in [0, 0.1) is 0 Å². The molecule has 7 heteroatoms. The van der Waals surface area contributed by atoms with Crippen molar-refractivity contribution in [1.29, 1.82) is 0 Å². The second-order valence-corrected chi connectivity index (χ2v) is 7.11. The van der Waals surface area contributed by atoms with Gasteiger partial charge in [-0.2, -0.15) is 0 Å². The van der Waals surface area contributed by atoms with Gasteiger partial charge in [0.05, 0.1) is 4.88 Å². The average molecular weight is 351 g/mol. The number of likely N-dealkylation sites (N-methyl/N-ethyl adjacent to an activating group) is 1. The van der Waals surface area contributed by atoms with Crippen molar-refractivity contribution in [1.82, 2.24) is 16.0 Å². The normalized spacial score (nSPS) is 17.6. The van der Waals surface area contributed by atoms with Crippen LogP contribution in [0.25, 0.3) is 0 Å². The lowest BCUT2D eigenvalue weighted by molar-refractivity contribution is -0.135.